The number of hydrogen-bond donors (Lipinski definition) is 1. The minimum Gasteiger partial charge on any atom is -0.616 e. The van der Waals surface area contributed by atoms with E-state index < -0.39 is 0 Å². The molecule has 1 amide bonds. The zero-order chi connectivity index (χ0) is 14.7. The molecule has 1 N–H and O–H groups in total. The van der Waals surface area contributed by atoms with E-state index in [1.165, 1.54) is 12.3 Å². The van der Waals surface area contributed by atoms with Crippen LogP contribution >= 0.6 is 0 Å². The molecule has 0 saturated carbocycles. The quantitative estimate of drug-likeness (QED) is 0.672. The van der Waals surface area contributed by atoms with E-state index in [-0.39, 0.29) is 25.2 Å². The number of aromatic nitrogens is 1. The molecule has 7 heteroatoms. The van der Waals surface area contributed by atoms with Gasteiger partial charge in [0, 0.05) is 17.8 Å². The smallest absolute Gasteiger partial charge is 0.379 e. The number of amides is 1. The molecular formula is C14H12N2O5. The van der Waals surface area contributed by atoms with Crippen LogP contribution in [-0.2, 0) is 4.79 Å². The molecule has 108 valence electrons. The van der Waals surface area contributed by atoms with E-state index in [1.54, 1.807) is 30.3 Å². The van der Waals surface area contributed by atoms with Crippen molar-refractivity contribution in [3.8, 4) is 17.4 Å². The third-order valence-corrected chi connectivity index (χ3v) is 2.80. The summed E-state index contributed by atoms with van der Waals surface area (Å²) in [5.74, 6) is 0.908. The molecule has 0 radical (unpaired) electrons. The Morgan fingerprint density at radius 1 is 1.29 bits per heavy atom. The second-order valence-electron chi connectivity index (χ2n) is 4.27. The molecule has 1 aliphatic heterocycles. The standard InChI is InChI=1S/C14H12N2O5/c17-13(8-19-14-3-1-2-6-16(14)18)15-10-4-5-11-12(7-10)21-9-20-11/h1-7H,8-9H2,(H,15,17). The van der Waals surface area contributed by atoms with E-state index in [0.717, 1.165) is 0 Å². The number of hydrogen-bond acceptors (Lipinski definition) is 5. The van der Waals surface area contributed by atoms with Gasteiger partial charge in [-0.3, -0.25) is 4.79 Å². The Kier molecular flexibility index (Phi) is 3.46. The first-order chi connectivity index (χ1) is 10.2. The third kappa shape index (κ3) is 2.97. The van der Waals surface area contributed by atoms with Crippen LogP contribution in [0.2, 0.25) is 0 Å². The third-order valence-electron chi connectivity index (χ3n) is 2.80. The van der Waals surface area contributed by atoms with E-state index in [0.29, 0.717) is 21.9 Å². The topological polar surface area (TPSA) is 83.7 Å². The van der Waals surface area contributed by atoms with Gasteiger partial charge in [0.1, 0.15) is 0 Å². The second-order valence-corrected chi connectivity index (χ2v) is 4.27. The van der Waals surface area contributed by atoms with Gasteiger partial charge < -0.3 is 24.7 Å². The Hall–Kier alpha value is -2.96. The minimum atomic E-state index is -0.377. The highest BCUT2D eigenvalue weighted by Crippen LogP contribution is 2.34. The van der Waals surface area contributed by atoms with Gasteiger partial charge in [-0.15, -0.1) is 4.73 Å². The summed E-state index contributed by atoms with van der Waals surface area (Å²) >= 11 is 0. The first-order valence-corrected chi connectivity index (χ1v) is 6.23. The zero-order valence-corrected chi connectivity index (χ0v) is 10.9. The van der Waals surface area contributed by atoms with Gasteiger partial charge in [0.15, 0.2) is 24.3 Å². The van der Waals surface area contributed by atoms with Crippen LogP contribution in [0, 0.1) is 5.21 Å². The Bertz CT molecular complexity index is 674. The summed E-state index contributed by atoms with van der Waals surface area (Å²) in [4.78, 5) is 11.8. The number of pyridine rings is 1. The monoisotopic (exact) mass is 288 g/mol. The molecule has 0 unspecified atom stereocenters. The van der Waals surface area contributed by atoms with E-state index in [4.69, 9.17) is 14.2 Å². The van der Waals surface area contributed by atoms with Crippen molar-refractivity contribution in [2.24, 2.45) is 0 Å². The molecule has 1 aromatic heterocycles. The number of ether oxygens (including phenoxy) is 3. The molecule has 0 saturated heterocycles. The number of carbonyl (C=O) groups is 1. The summed E-state index contributed by atoms with van der Waals surface area (Å²) in [5, 5.41) is 14.0. The van der Waals surface area contributed by atoms with Crippen LogP contribution in [0.1, 0.15) is 0 Å². The molecule has 0 spiro atoms. The summed E-state index contributed by atoms with van der Waals surface area (Å²) in [5.41, 5.74) is 0.566. The molecule has 0 bridgehead atoms. The number of rotatable bonds is 4. The highest BCUT2D eigenvalue weighted by atomic mass is 16.7. The molecule has 21 heavy (non-hydrogen) atoms. The lowest BCUT2D eigenvalue weighted by molar-refractivity contribution is -0.612. The second kappa shape index (κ2) is 5.58. The molecule has 0 fully saturated rings. The number of nitrogens with zero attached hydrogens (tertiary/aromatic N) is 1. The fourth-order valence-electron chi connectivity index (χ4n) is 1.84. The van der Waals surface area contributed by atoms with Gasteiger partial charge in [-0.2, -0.15) is 0 Å². The number of carbonyl (C=O) groups excluding carboxylic acids is 1. The van der Waals surface area contributed by atoms with Crippen LogP contribution in [0.3, 0.4) is 0 Å². The van der Waals surface area contributed by atoms with Crippen molar-refractivity contribution in [3.05, 3.63) is 47.8 Å². The van der Waals surface area contributed by atoms with Crippen molar-refractivity contribution in [1.29, 1.82) is 0 Å². The summed E-state index contributed by atoms with van der Waals surface area (Å²) in [6.45, 7) is -0.0892. The molecule has 1 aromatic carbocycles. The maximum atomic E-state index is 11.8. The van der Waals surface area contributed by atoms with Gasteiger partial charge in [0.25, 0.3) is 5.91 Å². The average molecular weight is 288 g/mol. The van der Waals surface area contributed by atoms with Crippen LogP contribution in [0.25, 0.3) is 0 Å². The molecule has 3 rings (SSSR count). The van der Waals surface area contributed by atoms with Crippen LogP contribution in [0.5, 0.6) is 17.4 Å². The van der Waals surface area contributed by atoms with Crippen molar-refractivity contribution in [3.63, 3.8) is 0 Å². The van der Waals surface area contributed by atoms with Crippen LogP contribution in [0.15, 0.2) is 42.6 Å². The lowest BCUT2D eigenvalue weighted by Crippen LogP contribution is -2.30. The number of benzene rings is 1. The lowest BCUT2D eigenvalue weighted by Gasteiger charge is -2.07. The molecular weight excluding hydrogens is 276 g/mol. The summed E-state index contributed by atoms with van der Waals surface area (Å²) in [6, 6.07) is 9.78. The number of anilines is 1. The van der Waals surface area contributed by atoms with Gasteiger partial charge in [0.05, 0.1) is 6.07 Å². The molecule has 2 aromatic rings. The number of nitrogens with one attached hydrogen (secondary N) is 1. The van der Waals surface area contributed by atoms with Gasteiger partial charge in [0.2, 0.25) is 6.79 Å². The van der Waals surface area contributed by atoms with E-state index >= 15 is 0 Å². The van der Waals surface area contributed by atoms with Gasteiger partial charge in [-0.05, 0) is 18.2 Å². The van der Waals surface area contributed by atoms with Crippen molar-refractivity contribution in [2.45, 2.75) is 0 Å². The fourth-order valence-corrected chi connectivity index (χ4v) is 1.84. The molecule has 0 atom stereocenters. The van der Waals surface area contributed by atoms with Gasteiger partial charge >= 0.3 is 5.88 Å². The van der Waals surface area contributed by atoms with Crippen molar-refractivity contribution >= 4 is 11.6 Å². The Balaban J connectivity index is 1.58. The Morgan fingerprint density at radius 3 is 3.00 bits per heavy atom. The van der Waals surface area contributed by atoms with Gasteiger partial charge in [-0.1, -0.05) is 0 Å². The Labute approximate surface area is 120 Å². The predicted octanol–water partition coefficient (Wildman–Crippen LogP) is 1.07. The SMILES string of the molecule is O=C(COc1cccc[n+]1[O-])Nc1ccc2c(c1)OCO2. The predicted molar refractivity (Wildman–Crippen MR) is 72.1 cm³/mol. The maximum absolute atomic E-state index is 11.8. The van der Waals surface area contributed by atoms with Crippen molar-refractivity contribution < 1.29 is 23.7 Å². The lowest BCUT2D eigenvalue weighted by atomic mass is 10.3. The normalized spacial score (nSPS) is 12.0. The highest BCUT2D eigenvalue weighted by molar-refractivity contribution is 5.92. The van der Waals surface area contributed by atoms with E-state index in [9.17, 15) is 10.0 Å². The van der Waals surface area contributed by atoms with Gasteiger partial charge in [-0.25, -0.2) is 0 Å². The van der Waals surface area contributed by atoms with Crippen LogP contribution < -0.4 is 24.3 Å². The van der Waals surface area contributed by atoms with E-state index in [1.807, 2.05) is 0 Å². The van der Waals surface area contributed by atoms with E-state index in [2.05, 4.69) is 5.32 Å². The first kappa shape index (κ1) is 13.0. The van der Waals surface area contributed by atoms with Crippen molar-refractivity contribution in [2.75, 3.05) is 18.7 Å². The molecule has 7 nitrogen and oxygen atoms in total. The molecule has 1 aliphatic rings. The zero-order valence-electron chi connectivity index (χ0n) is 10.9. The molecule has 0 aliphatic carbocycles. The highest BCUT2D eigenvalue weighted by Gasteiger charge is 2.14. The van der Waals surface area contributed by atoms with Crippen molar-refractivity contribution in [1.82, 2.24) is 0 Å². The van der Waals surface area contributed by atoms with Crippen LogP contribution in [0.4, 0.5) is 5.69 Å². The fraction of sp³-hybridized carbons (Fsp3) is 0.143. The first-order valence-electron chi connectivity index (χ1n) is 6.23. The summed E-state index contributed by atoms with van der Waals surface area (Å²) in [7, 11) is 0. The maximum Gasteiger partial charge on any atom is 0.379 e. The minimum absolute atomic E-state index is 0.0679. The van der Waals surface area contributed by atoms with Crippen LogP contribution in [-0.4, -0.2) is 19.3 Å². The number of fused-ring (bicyclic) bond motifs is 1. The molecule has 2 heterocycles. The average Bonchev–Trinajstić information content (AvgIpc) is 2.94. The summed E-state index contributed by atoms with van der Waals surface area (Å²) < 4.78 is 16.1. The Morgan fingerprint density at radius 2 is 2.14 bits per heavy atom. The summed E-state index contributed by atoms with van der Waals surface area (Å²) in [6.07, 6.45) is 1.30. The largest absolute Gasteiger partial charge is 0.616 e.